The fraction of sp³-hybridized carbons (Fsp3) is 0.462. The maximum atomic E-state index is 10.8. The van der Waals surface area contributed by atoms with Crippen molar-refractivity contribution >= 4 is 23.3 Å². The molecule has 0 saturated carbocycles. The van der Waals surface area contributed by atoms with Gasteiger partial charge in [-0.15, -0.1) is 0 Å². The number of nitrogens with zero attached hydrogens (tertiary/aromatic N) is 1. The summed E-state index contributed by atoms with van der Waals surface area (Å²) in [5.41, 5.74) is 1.09. The smallest absolute Gasteiger partial charge is 0.304 e. The summed E-state index contributed by atoms with van der Waals surface area (Å²) in [6.07, 6.45) is 0.150. The average molecular weight is 269 g/mol. The van der Waals surface area contributed by atoms with Crippen LogP contribution in [0.1, 0.15) is 13.3 Å². The third kappa shape index (κ3) is 3.15. The van der Waals surface area contributed by atoms with Crippen molar-refractivity contribution in [3.8, 4) is 0 Å². The van der Waals surface area contributed by atoms with E-state index in [1.54, 1.807) is 0 Å². The van der Waals surface area contributed by atoms with E-state index in [0.717, 1.165) is 12.2 Å². The SMILES string of the molecule is CC1CNC(CC(=O)O)CN1c1ccc(Cl)cc1. The molecule has 0 aliphatic carbocycles. The fourth-order valence-electron chi connectivity index (χ4n) is 2.27. The molecule has 1 aliphatic rings. The standard InChI is InChI=1S/C13H17ClN2O2/c1-9-7-15-11(6-13(17)18)8-16(9)12-4-2-10(14)3-5-12/h2-5,9,11,15H,6-8H2,1H3,(H,17,18). The van der Waals surface area contributed by atoms with Crippen molar-refractivity contribution in [1.29, 1.82) is 0 Å². The third-order valence-electron chi connectivity index (χ3n) is 3.23. The van der Waals surface area contributed by atoms with Gasteiger partial charge >= 0.3 is 5.97 Å². The van der Waals surface area contributed by atoms with Gasteiger partial charge in [0.25, 0.3) is 0 Å². The summed E-state index contributed by atoms with van der Waals surface area (Å²) < 4.78 is 0. The average Bonchev–Trinajstić information content (AvgIpc) is 2.32. The van der Waals surface area contributed by atoms with E-state index in [0.29, 0.717) is 17.6 Å². The van der Waals surface area contributed by atoms with Gasteiger partial charge in [0, 0.05) is 35.9 Å². The molecule has 1 aromatic carbocycles. The Labute approximate surface area is 112 Å². The Balaban J connectivity index is 2.09. The van der Waals surface area contributed by atoms with Crippen LogP contribution in [0.15, 0.2) is 24.3 Å². The first-order chi connectivity index (χ1) is 8.56. The molecule has 2 rings (SSSR count). The molecule has 0 bridgehead atoms. The Morgan fingerprint density at radius 1 is 1.50 bits per heavy atom. The van der Waals surface area contributed by atoms with Crippen LogP contribution in [-0.4, -0.2) is 36.2 Å². The van der Waals surface area contributed by atoms with E-state index in [2.05, 4.69) is 17.1 Å². The zero-order valence-electron chi connectivity index (χ0n) is 10.3. The zero-order chi connectivity index (χ0) is 13.1. The summed E-state index contributed by atoms with van der Waals surface area (Å²) in [5.74, 6) is -0.766. The lowest BCUT2D eigenvalue weighted by atomic mass is 10.1. The van der Waals surface area contributed by atoms with Gasteiger partial charge in [-0.05, 0) is 31.2 Å². The normalized spacial score (nSPS) is 24.0. The van der Waals surface area contributed by atoms with E-state index in [1.807, 2.05) is 24.3 Å². The summed E-state index contributed by atoms with van der Waals surface area (Å²) in [5, 5.41) is 12.8. The van der Waals surface area contributed by atoms with E-state index in [4.69, 9.17) is 16.7 Å². The Morgan fingerprint density at radius 3 is 2.78 bits per heavy atom. The lowest BCUT2D eigenvalue weighted by molar-refractivity contribution is -0.137. The minimum atomic E-state index is -0.766. The number of carboxylic acids is 1. The number of hydrogen-bond acceptors (Lipinski definition) is 3. The molecule has 4 nitrogen and oxygen atoms in total. The van der Waals surface area contributed by atoms with Crippen LogP contribution in [0.25, 0.3) is 0 Å². The Morgan fingerprint density at radius 2 is 2.17 bits per heavy atom. The molecule has 1 saturated heterocycles. The lowest BCUT2D eigenvalue weighted by Gasteiger charge is -2.40. The molecule has 1 aromatic rings. The first kappa shape index (κ1) is 13.2. The van der Waals surface area contributed by atoms with Crippen molar-refractivity contribution in [3.63, 3.8) is 0 Å². The number of rotatable bonds is 3. The van der Waals surface area contributed by atoms with Gasteiger partial charge in [-0.2, -0.15) is 0 Å². The van der Waals surface area contributed by atoms with Crippen LogP contribution in [0.5, 0.6) is 0 Å². The van der Waals surface area contributed by atoms with Crippen LogP contribution in [0.2, 0.25) is 5.02 Å². The van der Waals surface area contributed by atoms with Gasteiger partial charge in [0.2, 0.25) is 0 Å². The first-order valence-electron chi connectivity index (χ1n) is 6.03. The maximum Gasteiger partial charge on any atom is 0.304 e. The number of carboxylic acid groups (broad SMARTS) is 1. The number of hydrogen-bond donors (Lipinski definition) is 2. The van der Waals surface area contributed by atoms with Crippen LogP contribution >= 0.6 is 11.6 Å². The van der Waals surface area contributed by atoms with Crippen LogP contribution in [-0.2, 0) is 4.79 Å². The Hall–Kier alpha value is -1.26. The molecule has 0 amide bonds. The topological polar surface area (TPSA) is 52.6 Å². The van der Waals surface area contributed by atoms with Gasteiger partial charge in [-0.1, -0.05) is 11.6 Å². The molecule has 1 heterocycles. The second kappa shape index (κ2) is 5.59. The largest absolute Gasteiger partial charge is 0.481 e. The molecule has 18 heavy (non-hydrogen) atoms. The van der Waals surface area contributed by atoms with Crippen LogP contribution in [0.4, 0.5) is 5.69 Å². The molecule has 98 valence electrons. The summed E-state index contributed by atoms with van der Waals surface area (Å²) in [7, 11) is 0. The molecule has 1 aliphatic heterocycles. The predicted molar refractivity (Wildman–Crippen MR) is 72.3 cm³/mol. The van der Waals surface area contributed by atoms with Gasteiger partial charge in [0.1, 0.15) is 0 Å². The van der Waals surface area contributed by atoms with Gasteiger partial charge in [0.05, 0.1) is 6.42 Å². The number of carbonyl (C=O) groups is 1. The van der Waals surface area contributed by atoms with E-state index in [9.17, 15) is 4.79 Å². The number of halogens is 1. The number of nitrogens with one attached hydrogen (secondary N) is 1. The molecule has 0 spiro atoms. The lowest BCUT2D eigenvalue weighted by Crippen LogP contribution is -2.56. The number of piperazine rings is 1. The number of benzene rings is 1. The Bertz CT molecular complexity index is 422. The first-order valence-corrected chi connectivity index (χ1v) is 6.41. The quantitative estimate of drug-likeness (QED) is 0.880. The van der Waals surface area contributed by atoms with Gasteiger partial charge in [0.15, 0.2) is 0 Å². The van der Waals surface area contributed by atoms with Crippen LogP contribution in [0, 0.1) is 0 Å². The third-order valence-corrected chi connectivity index (χ3v) is 3.48. The summed E-state index contributed by atoms with van der Waals surface area (Å²) in [6.45, 7) is 3.62. The van der Waals surface area contributed by atoms with Crippen LogP contribution in [0.3, 0.4) is 0 Å². The summed E-state index contributed by atoms with van der Waals surface area (Å²) in [6, 6.07) is 8.00. The molecular weight excluding hydrogens is 252 g/mol. The molecular formula is C13H17ClN2O2. The van der Waals surface area contributed by atoms with Gasteiger partial charge in [-0.3, -0.25) is 4.79 Å². The van der Waals surface area contributed by atoms with E-state index < -0.39 is 5.97 Å². The minimum absolute atomic E-state index is 0.00521. The van der Waals surface area contributed by atoms with Crippen molar-refractivity contribution in [1.82, 2.24) is 5.32 Å². The molecule has 2 N–H and O–H groups in total. The van der Waals surface area contributed by atoms with Crippen molar-refractivity contribution in [2.75, 3.05) is 18.0 Å². The fourth-order valence-corrected chi connectivity index (χ4v) is 2.40. The maximum absolute atomic E-state index is 10.8. The monoisotopic (exact) mass is 268 g/mol. The van der Waals surface area contributed by atoms with E-state index in [-0.39, 0.29) is 12.5 Å². The predicted octanol–water partition coefficient (Wildman–Crippen LogP) is 1.98. The van der Waals surface area contributed by atoms with Gasteiger partial charge < -0.3 is 15.3 Å². The van der Waals surface area contributed by atoms with E-state index >= 15 is 0 Å². The number of aliphatic carboxylic acids is 1. The highest BCUT2D eigenvalue weighted by Gasteiger charge is 2.26. The Kier molecular flexibility index (Phi) is 4.09. The molecule has 2 unspecified atom stereocenters. The molecule has 0 aromatic heterocycles. The van der Waals surface area contributed by atoms with Crippen molar-refractivity contribution in [2.45, 2.75) is 25.4 Å². The second-order valence-corrected chi connectivity index (χ2v) is 5.12. The minimum Gasteiger partial charge on any atom is -0.481 e. The van der Waals surface area contributed by atoms with E-state index in [1.165, 1.54) is 0 Å². The zero-order valence-corrected chi connectivity index (χ0v) is 11.0. The highest BCUT2D eigenvalue weighted by atomic mass is 35.5. The van der Waals surface area contributed by atoms with Crippen molar-refractivity contribution < 1.29 is 9.90 Å². The van der Waals surface area contributed by atoms with Crippen molar-refractivity contribution in [2.24, 2.45) is 0 Å². The van der Waals surface area contributed by atoms with Gasteiger partial charge in [-0.25, -0.2) is 0 Å². The molecule has 1 fully saturated rings. The van der Waals surface area contributed by atoms with Crippen LogP contribution < -0.4 is 10.2 Å². The molecule has 5 heteroatoms. The highest BCUT2D eigenvalue weighted by molar-refractivity contribution is 6.30. The van der Waals surface area contributed by atoms with Crippen molar-refractivity contribution in [3.05, 3.63) is 29.3 Å². The molecule has 0 radical (unpaired) electrons. The summed E-state index contributed by atoms with van der Waals surface area (Å²) >= 11 is 5.88. The number of anilines is 1. The summed E-state index contributed by atoms with van der Waals surface area (Å²) in [4.78, 5) is 13.0. The second-order valence-electron chi connectivity index (χ2n) is 4.68. The highest BCUT2D eigenvalue weighted by Crippen LogP contribution is 2.22. The molecule has 2 atom stereocenters.